The van der Waals surface area contributed by atoms with Crippen LogP contribution in [0.1, 0.15) is 40.0 Å². The van der Waals surface area contributed by atoms with Crippen molar-refractivity contribution < 1.29 is 23.9 Å². The van der Waals surface area contributed by atoms with Crippen molar-refractivity contribution >= 4 is 19.5 Å². The molecule has 0 radical (unpaired) electrons. The van der Waals surface area contributed by atoms with E-state index >= 15 is 0 Å². The van der Waals surface area contributed by atoms with E-state index in [0.717, 1.165) is 18.4 Å². The number of fused-ring (bicyclic) bond motifs is 1. The van der Waals surface area contributed by atoms with Crippen LogP contribution in [0, 0.1) is 18.3 Å². The van der Waals surface area contributed by atoms with Crippen molar-refractivity contribution in [3.05, 3.63) is 52.7 Å². The van der Waals surface area contributed by atoms with Gasteiger partial charge in [-0.2, -0.15) is 5.26 Å². The van der Waals surface area contributed by atoms with E-state index in [4.69, 9.17) is 10.00 Å². The molecule has 0 atom stereocenters. The van der Waals surface area contributed by atoms with Crippen molar-refractivity contribution in [2.45, 2.75) is 32.4 Å². The second-order valence-corrected chi connectivity index (χ2v) is 8.82. The second-order valence-electron chi connectivity index (χ2n) is 7.40. The number of nitriles is 1. The third kappa shape index (κ3) is 4.91. The lowest BCUT2D eigenvalue weighted by molar-refractivity contribution is -0.326. The number of hydrogen-bond donors (Lipinski definition) is 2. The Morgan fingerprint density at radius 3 is 2.53 bits per heavy atom. The van der Waals surface area contributed by atoms with Crippen LogP contribution in [0.5, 0.6) is 5.75 Å². The average molecular weight is 462 g/mol. The number of carbonyl (C=O) groups excluding carboxylic acids is 1. The molecular formula is C20H27N6O5P. The summed E-state index contributed by atoms with van der Waals surface area (Å²) < 4.78 is 17.7. The number of benzene rings is 1. The highest BCUT2D eigenvalue weighted by Crippen LogP contribution is 2.40. The molecule has 2 aliphatic rings. The van der Waals surface area contributed by atoms with Crippen LogP contribution in [0.4, 0.5) is 5.82 Å². The lowest BCUT2D eigenvalue weighted by Gasteiger charge is -2.38. The number of hydrogen-bond acceptors (Lipinski definition) is 8. The van der Waals surface area contributed by atoms with Gasteiger partial charge < -0.3 is 41.0 Å². The lowest BCUT2D eigenvalue weighted by atomic mass is 10.1. The summed E-state index contributed by atoms with van der Waals surface area (Å²) >= 11 is 0. The summed E-state index contributed by atoms with van der Waals surface area (Å²) in [5.41, 5.74) is 1.77. The van der Waals surface area contributed by atoms with Gasteiger partial charge in [0, 0.05) is 33.7 Å². The van der Waals surface area contributed by atoms with Crippen LogP contribution in [0.25, 0.3) is 0 Å². The Morgan fingerprint density at radius 2 is 1.91 bits per heavy atom. The molecule has 0 spiro atoms. The quantitative estimate of drug-likeness (QED) is 0.639. The largest absolute Gasteiger partial charge is 0.795 e. The predicted octanol–water partition coefficient (Wildman–Crippen LogP) is 1.85. The number of quaternary nitrogens is 2. The molecule has 1 fully saturated rings. The summed E-state index contributed by atoms with van der Waals surface area (Å²) in [6.07, 6.45) is 1.50. The van der Waals surface area contributed by atoms with Gasteiger partial charge in [-0.15, -0.1) is 0 Å². The summed E-state index contributed by atoms with van der Waals surface area (Å²) in [5, 5.41) is 9.01. The van der Waals surface area contributed by atoms with E-state index in [1.807, 2.05) is 13.0 Å². The SMILES string of the molecule is Cc1cc2c(nc1N1CCC(Oc3cccc(C#N)c3)CC1)CN(P(=O)([O-])[O-])C2=O.[NH4+].[NH4+]. The highest BCUT2D eigenvalue weighted by atomic mass is 31.2. The molecule has 11 nitrogen and oxygen atoms in total. The van der Waals surface area contributed by atoms with Crippen LogP contribution in [-0.4, -0.2) is 34.8 Å². The Hall–Kier alpha value is -3.00. The Bertz CT molecular complexity index is 1090. The maximum Gasteiger partial charge on any atom is 0.259 e. The minimum absolute atomic E-state index is 0. The maximum absolute atomic E-state index is 12.2. The van der Waals surface area contributed by atoms with Crippen LogP contribution in [-0.2, 0) is 11.1 Å². The smallest absolute Gasteiger partial charge is 0.259 e. The van der Waals surface area contributed by atoms with E-state index < -0.39 is 13.7 Å². The van der Waals surface area contributed by atoms with Crippen molar-refractivity contribution in [3.8, 4) is 11.8 Å². The number of piperidine rings is 1. The molecule has 1 aromatic carbocycles. The number of ether oxygens (including phenoxy) is 1. The van der Waals surface area contributed by atoms with Gasteiger partial charge in [-0.05, 0) is 36.8 Å². The molecule has 0 unspecified atom stereocenters. The molecule has 0 bridgehead atoms. The van der Waals surface area contributed by atoms with Gasteiger partial charge in [-0.1, -0.05) is 6.07 Å². The maximum atomic E-state index is 12.2. The van der Waals surface area contributed by atoms with Gasteiger partial charge in [-0.3, -0.25) is 4.79 Å². The van der Waals surface area contributed by atoms with E-state index in [2.05, 4.69) is 16.0 Å². The van der Waals surface area contributed by atoms with Gasteiger partial charge in [-0.25, -0.2) is 4.98 Å². The normalized spacial score (nSPS) is 16.0. The molecule has 2 aromatic rings. The first-order valence-corrected chi connectivity index (χ1v) is 11.0. The number of amides is 1. The fourth-order valence-electron chi connectivity index (χ4n) is 3.83. The second kappa shape index (κ2) is 9.65. The summed E-state index contributed by atoms with van der Waals surface area (Å²) in [6.45, 7) is 2.84. The number of carbonyl (C=O) groups is 1. The zero-order chi connectivity index (χ0) is 21.5. The summed E-state index contributed by atoms with van der Waals surface area (Å²) in [5.74, 6) is 0.532. The van der Waals surface area contributed by atoms with Crippen molar-refractivity contribution in [2.75, 3.05) is 18.0 Å². The Kier molecular flexibility index (Phi) is 7.62. The Morgan fingerprint density at radius 1 is 1.22 bits per heavy atom. The van der Waals surface area contributed by atoms with Gasteiger partial charge in [0.25, 0.3) is 5.91 Å². The molecule has 172 valence electrons. The predicted molar refractivity (Wildman–Crippen MR) is 115 cm³/mol. The molecule has 1 aromatic heterocycles. The molecule has 12 heteroatoms. The average Bonchev–Trinajstić information content (AvgIpc) is 3.04. The van der Waals surface area contributed by atoms with Crippen LogP contribution < -0.4 is 31.7 Å². The van der Waals surface area contributed by atoms with Crippen LogP contribution in [0.15, 0.2) is 30.3 Å². The molecule has 1 amide bonds. The third-order valence-corrected chi connectivity index (χ3v) is 6.25. The molecule has 3 heterocycles. The number of anilines is 1. The van der Waals surface area contributed by atoms with Gasteiger partial charge in [0.15, 0.2) is 0 Å². The number of nitrogens with zero attached hydrogens (tertiary/aromatic N) is 4. The minimum Gasteiger partial charge on any atom is -0.795 e. The standard InChI is InChI=1S/C20H21N4O5P.2H3N/c1-13-9-17-18(12-24(20(17)25)30(26,27)28)22-19(13)23-7-5-15(6-8-23)29-16-4-2-3-14(10-16)11-21;;/h2-4,9-10,15H,5-8,12H2,1H3,(H2,26,27,28);2*1H3. The molecule has 32 heavy (non-hydrogen) atoms. The Balaban J connectivity index is 0.00000181. The van der Waals surface area contributed by atoms with E-state index in [1.165, 1.54) is 0 Å². The van der Waals surface area contributed by atoms with Gasteiger partial charge >= 0.3 is 0 Å². The van der Waals surface area contributed by atoms with E-state index in [-0.39, 0.29) is 30.5 Å². The summed E-state index contributed by atoms with van der Waals surface area (Å²) in [4.78, 5) is 41.4. The first-order chi connectivity index (χ1) is 14.3. The van der Waals surface area contributed by atoms with Crippen LogP contribution in [0.3, 0.4) is 0 Å². The number of aromatic nitrogens is 1. The fraction of sp³-hybridized carbons (Fsp3) is 0.350. The number of pyridine rings is 1. The highest BCUT2D eigenvalue weighted by molar-refractivity contribution is 7.47. The Labute approximate surface area is 186 Å². The molecule has 1 saturated heterocycles. The van der Waals surface area contributed by atoms with Gasteiger partial charge in [0.2, 0.25) is 0 Å². The van der Waals surface area contributed by atoms with E-state index in [0.29, 0.717) is 40.6 Å². The number of rotatable bonds is 4. The first kappa shape index (κ1) is 25.3. The molecule has 4 rings (SSSR count). The van der Waals surface area contributed by atoms with Gasteiger partial charge in [0.1, 0.15) is 17.7 Å². The number of aryl methyl sites for hydroxylation is 1. The molecule has 0 aliphatic carbocycles. The van der Waals surface area contributed by atoms with Crippen molar-refractivity contribution in [1.82, 2.24) is 22.0 Å². The highest BCUT2D eigenvalue weighted by Gasteiger charge is 2.32. The molecule has 2 aliphatic heterocycles. The third-order valence-electron chi connectivity index (χ3n) is 5.33. The van der Waals surface area contributed by atoms with Crippen LogP contribution in [0.2, 0.25) is 0 Å². The van der Waals surface area contributed by atoms with Crippen molar-refractivity contribution in [1.29, 1.82) is 5.26 Å². The monoisotopic (exact) mass is 462 g/mol. The zero-order valence-electron chi connectivity index (χ0n) is 18.3. The first-order valence-electron chi connectivity index (χ1n) is 9.53. The lowest BCUT2D eigenvalue weighted by Crippen LogP contribution is -2.39. The van der Waals surface area contributed by atoms with Gasteiger partial charge in [0.05, 0.1) is 29.4 Å². The molecule has 0 saturated carbocycles. The molecular weight excluding hydrogens is 435 g/mol. The fourth-order valence-corrected chi connectivity index (χ4v) is 4.47. The van der Waals surface area contributed by atoms with Crippen molar-refractivity contribution in [3.63, 3.8) is 0 Å². The van der Waals surface area contributed by atoms with Crippen molar-refractivity contribution in [2.24, 2.45) is 0 Å². The topological polar surface area (TPSA) is 206 Å². The van der Waals surface area contributed by atoms with E-state index in [1.54, 1.807) is 24.3 Å². The summed E-state index contributed by atoms with van der Waals surface area (Å²) in [7, 11) is -5.17. The van der Waals surface area contributed by atoms with Crippen LogP contribution >= 0.6 is 7.75 Å². The summed E-state index contributed by atoms with van der Waals surface area (Å²) in [6, 6.07) is 10.7. The minimum atomic E-state index is -5.17. The van der Waals surface area contributed by atoms with E-state index in [9.17, 15) is 19.1 Å². The molecule has 8 N–H and O–H groups in total. The zero-order valence-corrected chi connectivity index (χ0v) is 19.2.